The lowest BCUT2D eigenvalue weighted by atomic mass is 9.70. The van der Waals surface area contributed by atoms with Gasteiger partial charge in [-0.2, -0.15) is 0 Å². The minimum Gasteiger partial charge on any atom is -0.463 e. The van der Waals surface area contributed by atoms with Crippen molar-refractivity contribution in [3.8, 4) is 0 Å². The molecule has 1 spiro atoms. The Kier molecular flexibility index (Phi) is 11.7. The first-order valence-corrected chi connectivity index (χ1v) is 17.9. The summed E-state index contributed by atoms with van der Waals surface area (Å²) in [6.07, 6.45) is 3.78. The number of aliphatic hydroxyl groups is 1. The van der Waals surface area contributed by atoms with E-state index in [4.69, 9.17) is 21.1 Å². The number of aliphatic hydroxyl groups excluding tert-OH is 1. The number of para-hydroxylation sites is 1. The van der Waals surface area contributed by atoms with Gasteiger partial charge in [-0.1, -0.05) is 89.1 Å². The molecule has 10 nitrogen and oxygen atoms in total. The molecule has 1 unspecified atom stereocenters. The van der Waals surface area contributed by atoms with E-state index in [-0.39, 0.29) is 31.0 Å². The molecule has 0 saturated carbocycles. The van der Waals surface area contributed by atoms with E-state index in [1.807, 2.05) is 50.2 Å². The van der Waals surface area contributed by atoms with Crippen LogP contribution in [0.3, 0.4) is 0 Å². The second-order valence-corrected chi connectivity index (χ2v) is 14.4. The Balaban J connectivity index is 1.53. The number of halogens is 2. The second-order valence-electron chi connectivity index (χ2n) is 12.8. The number of nitrogens with one attached hydrogen (secondary N) is 1. The topological polar surface area (TPSA) is 125 Å². The number of hydrogen-bond donors (Lipinski definition) is 2. The molecular weight excluding hydrogens is 714 g/mol. The van der Waals surface area contributed by atoms with Crippen LogP contribution in [-0.4, -0.2) is 82.1 Å². The number of anilines is 1. The Morgan fingerprint density at radius 3 is 2.57 bits per heavy atom. The molecule has 3 aliphatic rings. The van der Waals surface area contributed by atoms with Gasteiger partial charge in [-0.3, -0.25) is 19.2 Å². The molecule has 3 fully saturated rings. The molecular formula is C37H43BrClN3O7. The number of esters is 1. The highest BCUT2D eigenvalue weighted by atomic mass is 79.9. The summed E-state index contributed by atoms with van der Waals surface area (Å²) in [5.41, 5.74) is 0.594. The fourth-order valence-electron chi connectivity index (χ4n) is 7.63. The quantitative estimate of drug-likeness (QED) is 0.148. The number of likely N-dealkylation sites (tertiary alicyclic amines) is 1. The van der Waals surface area contributed by atoms with Crippen LogP contribution in [0.25, 0.3) is 0 Å². The third-order valence-electron chi connectivity index (χ3n) is 9.86. The normalized spacial score (nSPS) is 26.5. The van der Waals surface area contributed by atoms with Crippen molar-refractivity contribution < 1.29 is 33.8 Å². The lowest BCUT2D eigenvalue weighted by Gasteiger charge is -2.39. The third kappa shape index (κ3) is 6.82. The highest BCUT2D eigenvalue weighted by Gasteiger charge is 2.77. The summed E-state index contributed by atoms with van der Waals surface area (Å²) in [6, 6.07) is 11.9. The number of alkyl halides is 1. The minimum atomic E-state index is -1.37. The summed E-state index contributed by atoms with van der Waals surface area (Å²) in [5.74, 6) is -3.73. The molecule has 5 rings (SSSR count). The van der Waals surface area contributed by atoms with Crippen LogP contribution in [-0.2, 0) is 28.7 Å². The SMILES string of the molecule is C=CCCC(=O)OC[C@H](NC(=O)[C@H]1[C@@H]2O[C@@]3(CC2Br)[C@@H]1C(=O)N([C@@H](CC)CO)[C@@H]3C(=O)N(CC=C)c1c(C)cccc1Cl)c1ccccc1. The average Bonchev–Trinajstić information content (AvgIpc) is 3.69. The number of ether oxygens (including phenoxy) is 2. The van der Waals surface area contributed by atoms with Gasteiger partial charge >= 0.3 is 5.97 Å². The van der Waals surface area contributed by atoms with Gasteiger partial charge < -0.3 is 29.7 Å². The zero-order valence-corrected chi connectivity index (χ0v) is 30.1. The Labute approximate surface area is 300 Å². The summed E-state index contributed by atoms with van der Waals surface area (Å²) in [7, 11) is 0. The summed E-state index contributed by atoms with van der Waals surface area (Å²) in [6.45, 7) is 10.8. The molecule has 49 heavy (non-hydrogen) atoms. The first-order valence-electron chi connectivity index (χ1n) is 16.6. The first-order chi connectivity index (χ1) is 23.5. The van der Waals surface area contributed by atoms with E-state index in [0.29, 0.717) is 30.0 Å². The molecule has 2 bridgehead atoms. The monoisotopic (exact) mass is 755 g/mol. The van der Waals surface area contributed by atoms with E-state index in [1.165, 1.54) is 9.80 Å². The van der Waals surface area contributed by atoms with Crippen molar-refractivity contribution in [2.75, 3.05) is 24.7 Å². The second kappa shape index (κ2) is 15.6. The molecule has 8 atom stereocenters. The fourth-order valence-corrected chi connectivity index (χ4v) is 8.90. The van der Waals surface area contributed by atoms with E-state index >= 15 is 0 Å². The van der Waals surface area contributed by atoms with Gasteiger partial charge in [0, 0.05) is 17.8 Å². The van der Waals surface area contributed by atoms with Crippen molar-refractivity contribution in [2.45, 2.75) is 74.2 Å². The van der Waals surface area contributed by atoms with E-state index in [0.717, 1.165) is 11.1 Å². The number of aryl methyl sites for hydroxylation is 1. The van der Waals surface area contributed by atoms with Crippen LogP contribution in [0.1, 0.15) is 49.8 Å². The number of benzene rings is 2. The number of allylic oxidation sites excluding steroid dienone is 1. The van der Waals surface area contributed by atoms with E-state index in [9.17, 15) is 24.3 Å². The molecule has 2 aromatic rings. The zero-order valence-electron chi connectivity index (χ0n) is 27.7. The highest BCUT2D eigenvalue weighted by Crippen LogP contribution is 2.61. The van der Waals surface area contributed by atoms with Crippen LogP contribution in [0.5, 0.6) is 0 Å². The van der Waals surface area contributed by atoms with Crippen LogP contribution in [0.4, 0.5) is 5.69 Å². The lowest BCUT2D eigenvalue weighted by molar-refractivity contribution is -0.146. The molecule has 0 radical (unpaired) electrons. The zero-order chi connectivity index (χ0) is 35.5. The number of amides is 3. The number of hydrogen-bond acceptors (Lipinski definition) is 7. The van der Waals surface area contributed by atoms with Gasteiger partial charge in [0.05, 0.1) is 47.3 Å². The molecule has 3 heterocycles. The smallest absolute Gasteiger partial charge is 0.306 e. The standard InChI is InChI=1S/C37H43BrClN3O7/c1-5-8-17-28(44)48-21-27(23-14-10-9-11-15-23)40-34(45)29-30-35(46)42(24(7-3)20-43)33(37(30)19-25(38)32(29)49-37)36(47)41(18-6-2)31-22(4)13-12-16-26(31)39/h5-6,9-16,24-25,27,29-30,32-33,43H,1-2,7-8,17-21H2,3-4H3,(H,40,45)/t24-,25?,27-,29+,30-,32+,33+,37-/m0/s1. The third-order valence-corrected chi connectivity index (χ3v) is 11.0. The van der Waals surface area contributed by atoms with Crippen molar-refractivity contribution in [1.29, 1.82) is 0 Å². The number of rotatable bonds is 15. The summed E-state index contributed by atoms with van der Waals surface area (Å²) >= 11 is 10.4. The maximum atomic E-state index is 14.9. The Morgan fingerprint density at radius 2 is 1.94 bits per heavy atom. The van der Waals surface area contributed by atoms with Gasteiger partial charge in [-0.25, -0.2) is 0 Å². The molecule has 2 aromatic carbocycles. The Bertz CT molecular complexity index is 1570. The maximum absolute atomic E-state index is 14.9. The van der Waals surface area contributed by atoms with Gasteiger partial charge in [0.1, 0.15) is 18.2 Å². The number of fused-ring (bicyclic) bond motifs is 1. The number of carbonyl (C=O) groups excluding carboxylic acids is 4. The summed E-state index contributed by atoms with van der Waals surface area (Å²) < 4.78 is 12.2. The van der Waals surface area contributed by atoms with E-state index < -0.39 is 65.4 Å². The van der Waals surface area contributed by atoms with Crippen LogP contribution >= 0.6 is 27.5 Å². The predicted molar refractivity (Wildman–Crippen MR) is 190 cm³/mol. The minimum absolute atomic E-state index is 0.105. The van der Waals surface area contributed by atoms with Gasteiger partial charge in [-0.15, -0.1) is 13.2 Å². The molecule has 0 aromatic heterocycles. The van der Waals surface area contributed by atoms with Crippen LogP contribution in [0, 0.1) is 18.8 Å². The van der Waals surface area contributed by atoms with E-state index in [1.54, 1.807) is 24.3 Å². The fraction of sp³-hybridized carbons (Fsp3) is 0.459. The molecule has 12 heteroatoms. The van der Waals surface area contributed by atoms with Crippen molar-refractivity contribution in [2.24, 2.45) is 11.8 Å². The van der Waals surface area contributed by atoms with Gasteiger partial charge in [0.25, 0.3) is 5.91 Å². The number of nitrogens with zero attached hydrogens (tertiary/aromatic N) is 2. The van der Waals surface area contributed by atoms with Crippen molar-refractivity contribution in [3.63, 3.8) is 0 Å². The summed E-state index contributed by atoms with van der Waals surface area (Å²) in [4.78, 5) is 58.9. The Morgan fingerprint density at radius 1 is 1.20 bits per heavy atom. The van der Waals surface area contributed by atoms with Crippen LogP contribution in [0.15, 0.2) is 73.8 Å². The van der Waals surface area contributed by atoms with Gasteiger partial charge in [0.2, 0.25) is 11.8 Å². The van der Waals surface area contributed by atoms with Crippen molar-refractivity contribution in [1.82, 2.24) is 10.2 Å². The van der Waals surface area contributed by atoms with Crippen LogP contribution < -0.4 is 10.2 Å². The lowest BCUT2D eigenvalue weighted by Crippen LogP contribution is -2.59. The molecule has 3 amide bonds. The first kappa shape index (κ1) is 36.8. The largest absolute Gasteiger partial charge is 0.463 e. The molecule has 3 aliphatic heterocycles. The molecule has 262 valence electrons. The molecule has 3 saturated heterocycles. The van der Waals surface area contributed by atoms with Gasteiger partial charge in [0.15, 0.2) is 0 Å². The van der Waals surface area contributed by atoms with Crippen molar-refractivity contribution >= 4 is 56.9 Å². The predicted octanol–water partition coefficient (Wildman–Crippen LogP) is 5.05. The molecule has 2 N–H and O–H groups in total. The summed E-state index contributed by atoms with van der Waals surface area (Å²) in [5, 5.41) is 13.9. The van der Waals surface area contributed by atoms with Gasteiger partial charge in [-0.05, 0) is 43.4 Å². The molecule has 0 aliphatic carbocycles. The van der Waals surface area contributed by atoms with Crippen LogP contribution in [0.2, 0.25) is 5.02 Å². The van der Waals surface area contributed by atoms with Crippen molar-refractivity contribution in [3.05, 3.63) is 90.0 Å². The Hall–Kier alpha value is -3.51. The maximum Gasteiger partial charge on any atom is 0.306 e. The number of carbonyl (C=O) groups is 4. The highest BCUT2D eigenvalue weighted by molar-refractivity contribution is 9.09. The van der Waals surface area contributed by atoms with E-state index in [2.05, 4.69) is 34.4 Å². The average molecular weight is 757 g/mol.